The lowest BCUT2D eigenvalue weighted by Gasteiger charge is -2.09. The fraction of sp³-hybridized carbons (Fsp3) is 0.190. The lowest BCUT2D eigenvalue weighted by Crippen LogP contribution is -2.23. The van der Waals surface area contributed by atoms with E-state index >= 15 is 0 Å². The van der Waals surface area contributed by atoms with Gasteiger partial charge in [-0.15, -0.1) is 0 Å². The van der Waals surface area contributed by atoms with E-state index in [-0.39, 0.29) is 5.91 Å². The molecule has 0 heterocycles. The number of nitrogens with one attached hydrogen (secondary N) is 1. The van der Waals surface area contributed by atoms with Crippen LogP contribution in [-0.2, 0) is 17.8 Å². The number of carbonyl (C=O) groups is 1. The van der Waals surface area contributed by atoms with Gasteiger partial charge in [0.05, 0.1) is 7.11 Å². The molecule has 3 rings (SSSR count). The molecule has 3 aromatic rings. The Morgan fingerprint density at radius 1 is 0.958 bits per heavy atom. The predicted octanol–water partition coefficient (Wildman–Crippen LogP) is 4.10. The van der Waals surface area contributed by atoms with Crippen molar-refractivity contribution in [3.05, 3.63) is 77.9 Å². The molecular formula is C21H21NO2. The van der Waals surface area contributed by atoms with E-state index in [1.54, 1.807) is 7.11 Å². The molecule has 0 aliphatic carbocycles. The van der Waals surface area contributed by atoms with Crippen molar-refractivity contribution in [1.29, 1.82) is 0 Å². The second kappa shape index (κ2) is 7.64. The molecule has 1 amide bonds. The molecule has 0 bridgehead atoms. The van der Waals surface area contributed by atoms with Gasteiger partial charge in [0.25, 0.3) is 0 Å². The molecular weight excluding hydrogens is 298 g/mol. The highest BCUT2D eigenvalue weighted by Gasteiger charge is 2.05. The lowest BCUT2D eigenvalue weighted by atomic mass is 10.0. The number of rotatable bonds is 6. The standard InChI is InChI=1S/C21H21NO2/c1-24-19-12-9-16(10-13-19)11-14-21(23)22-15-18-7-4-6-17-5-2-3-8-20(17)18/h2-10,12-13H,11,14-15H2,1H3,(H,22,23). The summed E-state index contributed by atoms with van der Waals surface area (Å²) >= 11 is 0. The molecule has 0 atom stereocenters. The van der Waals surface area contributed by atoms with E-state index in [0.29, 0.717) is 13.0 Å². The van der Waals surface area contributed by atoms with E-state index in [4.69, 9.17) is 4.74 Å². The van der Waals surface area contributed by atoms with Gasteiger partial charge >= 0.3 is 0 Å². The zero-order chi connectivity index (χ0) is 16.8. The average molecular weight is 319 g/mol. The number of amides is 1. The van der Waals surface area contributed by atoms with Crippen LogP contribution < -0.4 is 10.1 Å². The lowest BCUT2D eigenvalue weighted by molar-refractivity contribution is -0.121. The number of carbonyl (C=O) groups excluding carboxylic acids is 1. The highest BCUT2D eigenvalue weighted by molar-refractivity contribution is 5.86. The van der Waals surface area contributed by atoms with Crippen molar-refractivity contribution in [3.63, 3.8) is 0 Å². The minimum Gasteiger partial charge on any atom is -0.497 e. The van der Waals surface area contributed by atoms with E-state index in [1.165, 1.54) is 10.8 Å². The summed E-state index contributed by atoms with van der Waals surface area (Å²) in [5.41, 5.74) is 2.28. The molecule has 0 radical (unpaired) electrons. The molecule has 0 aliphatic heterocycles. The van der Waals surface area contributed by atoms with Crippen molar-refractivity contribution < 1.29 is 9.53 Å². The number of hydrogen-bond acceptors (Lipinski definition) is 2. The maximum absolute atomic E-state index is 12.1. The van der Waals surface area contributed by atoms with Gasteiger partial charge < -0.3 is 10.1 Å². The molecule has 122 valence electrons. The Hall–Kier alpha value is -2.81. The molecule has 3 heteroatoms. The second-order valence-electron chi connectivity index (χ2n) is 5.76. The Kier molecular flexibility index (Phi) is 5.12. The Balaban J connectivity index is 1.55. The highest BCUT2D eigenvalue weighted by atomic mass is 16.5. The first kappa shape index (κ1) is 16.1. The van der Waals surface area contributed by atoms with Crippen molar-refractivity contribution in [2.75, 3.05) is 7.11 Å². The smallest absolute Gasteiger partial charge is 0.220 e. The van der Waals surface area contributed by atoms with Crippen molar-refractivity contribution in [1.82, 2.24) is 5.32 Å². The third kappa shape index (κ3) is 3.93. The average Bonchev–Trinajstić information content (AvgIpc) is 2.65. The summed E-state index contributed by atoms with van der Waals surface area (Å²) in [6.07, 6.45) is 1.21. The summed E-state index contributed by atoms with van der Waals surface area (Å²) < 4.78 is 5.14. The zero-order valence-electron chi connectivity index (χ0n) is 13.8. The van der Waals surface area contributed by atoms with Crippen LogP contribution in [0.4, 0.5) is 0 Å². The van der Waals surface area contributed by atoms with Crippen molar-refractivity contribution >= 4 is 16.7 Å². The topological polar surface area (TPSA) is 38.3 Å². The third-order valence-electron chi connectivity index (χ3n) is 4.16. The Morgan fingerprint density at radius 3 is 2.50 bits per heavy atom. The minimum atomic E-state index is 0.0683. The number of ether oxygens (including phenoxy) is 1. The number of aryl methyl sites for hydroxylation is 1. The first-order valence-corrected chi connectivity index (χ1v) is 8.12. The van der Waals surface area contributed by atoms with Gasteiger partial charge in [-0.2, -0.15) is 0 Å². The van der Waals surface area contributed by atoms with E-state index in [0.717, 1.165) is 23.3 Å². The van der Waals surface area contributed by atoms with Gasteiger partial charge in [0, 0.05) is 13.0 Å². The first-order chi connectivity index (χ1) is 11.8. The van der Waals surface area contributed by atoms with Crippen molar-refractivity contribution in [2.45, 2.75) is 19.4 Å². The molecule has 0 unspecified atom stereocenters. The number of hydrogen-bond donors (Lipinski definition) is 1. The van der Waals surface area contributed by atoms with E-state index in [1.807, 2.05) is 42.5 Å². The fourth-order valence-corrected chi connectivity index (χ4v) is 2.78. The molecule has 0 aliphatic rings. The molecule has 0 saturated carbocycles. The van der Waals surface area contributed by atoms with Gasteiger partial charge in [0.15, 0.2) is 0 Å². The summed E-state index contributed by atoms with van der Waals surface area (Å²) in [7, 11) is 1.65. The van der Waals surface area contributed by atoms with Crippen LogP contribution >= 0.6 is 0 Å². The van der Waals surface area contributed by atoms with Crippen LogP contribution in [-0.4, -0.2) is 13.0 Å². The van der Waals surface area contributed by atoms with Crippen LogP contribution in [0.15, 0.2) is 66.7 Å². The molecule has 3 nitrogen and oxygen atoms in total. The monoisotopic (exact) mass is 319 g/mol. The van der Waals surface area contributed by atoms with Gasteiger partial charge in [0.2, 0.25) is 5.91 Å². The molecule has 0 aromatic heterocycles. The minimum absolute atomic E-state index is 0.0683. The quantitative estimate of drug-likeness (QED) is 0.743. The summed E-state index contributed by atoms with van der Waals surface area (Å²) in [6, 6.07) is 22.2. The van der Waals surface area contributed by atoms with Gasteiger partial charge in [-0.1, -0.05) is 54.6 Å². The SMILES string of the molecule is COc1ccc(CCC(=O)NCc2cccc3ccccc23)cc1. The van der Waals surface area contributed by atoms with E-state index in [9.17, 15) is 4.79 Å². The van der Waals surface area contributed by atoms with E-state index in [2.05, 4.69) is 29.6 Å². The van der Waals surface area contributed by atoms with Gasteiger partial charge in [-0.05, 0) is 40.5 Å². The van der Waals surface area contributed by atoms with Crippen LogP contribution in [0.25, 0.3) is 10.8 Å². The van der Waals surface area contributed by atoms with Gasteiger partial charge in [0.1, 0.15) is 5.75 Å². The molecule has 24 heavy (non-hydrogen) atoms. The first-order valence-electron chi connectivity index (χ1n) is 8.12. The van der Waals surface area contributed by atoms with Crippen LogP contribution in [0.2, 0.25) is 0 Å². The summed E-state index contributed by atoms with van der Waals surface area (Å²) in [6.45, 7) is 0.558. The fourth-order valence-electron chi connectivity index (χ4n) is 2.78. The Labute approximate surface area is 142 Å². The van der Waals surface area contributed by atoms with Crippen LogP contribution in [0, 0.1) is 0 Å². The molecule has 0 spiro atoms. The molecule has 0 saturated heterocycles. The van der Waals surface area contributed by atoms with E-state index < -0.39 is 0 Å². The third-order valence-corrected chi connectivity index (χ3v) is 4.16. The van der Waals surface area contributed by atoms with Crippen molar-refractivity contribution in [2.24, 2.45) is 0 Å². The Bertz CT molecular complexity index is 819. The maximum Gasteiger partial charge on any atom is 0.220 e. The normalized spacial score (nSPS) is 10.5. The summed E-state index contributed by atoms with van der Waals surface area (Å²) in [5.74, 6) is 0.901. The predicted molar refractivity (Wildman–Crippen MR) is 97.1 cm³/mol. The maximum atomic E-state index is 12.1. The van der Waals surface area contributed by atoms with Crippen LogP contribution in [0.1, 0.15) is 17.5 Å². The van der Waals surface area contributed by atoms with Gasteiger partial charge in [-0.25, -0.2) is 0 Å². The highest BCUT2D eigenvalue weighted by Crippen LogP contribution is 2.18. The Morgan fingerprint density at radius 2 is 1.71 bits per heavy atom. The molecule has 0 fully saturated rings. The van der Waals surface area contributed by atoms with Crippen LogP contribution in [0.3, 0.4) is 0 Å². The summed E-state index contributed by atoms with van der Waals surface area (Å²) in [4.78, 5) is 12.1. The summed E-state index contributed by atoms with van der Waals surface area (Å²) in [5, 5.41) is 5.41. The number of benzene rings is 3. The number of methoxy groups -OCH3 is 1. The van der Waals surface area contributed by atoms with Crippen molar-refractivity contribution in [3.8, 4) is 5.75 Å². The van der Waals surface area contributed by atoms with Crippen LogP contribution in [0.5, 0.6) is 5.75 Å². The zero-order valence-corrected chi connectivity index (χ0v) is 13.8. The molecule has 3 aromatic carbocycles. The largest absolute Gasteiger partial charge is 0.497 e. The second-order valence-corrected chi connectivity index (χ2v) is 5.76. The number of fused-ring (bicyclic) bond motifs is 1. The molecule has 1 N–H and O–H groups in total. The van der Waals surface area contributed by atoms with Gasteiger partial charge in [-0.3, -0.25) is 4.79 Å².